The molecule has 0 aliphatic heterocycles. The maximum Gasteiger partial charge on any atom is 0.291 e. The van der Waals surface area contributed by atoms with Crippen LogP contribution in [0.25, 0.3) is 0 Å². The van der Waals surface area contributed by atoms with Gasteiger partial charge in [-0.2, -0.15) is 0 Å². The number of carbonyl (C=O) groups excluding carboxylic acids is 1. The average Bonchev–Trinajstić information content (AvgIpc) is 2.47. The molecule has 0 aromatic carbocycles. The molecule has 2 aromatic heterocycles. The topological polar surface area (TPSA) is 90.7 Å². The lowest BCUT2D eigenvalue weighted by atomic mass is 10.3. The Kier molecular flexibility index (Phi) is 3.99. The molecule has 0 bridgehead atoms. The van der Waals surface area contributed by atoms with Crippen LogP contribution in [0.4, 0.5) is 5.69 Å². The summed E-state index contributed by atoms with van der Waals surface area (Å²) in [5.74, 6) is -0.435. The summed E-state index contributed by atoms with van der Waals surface area (Å²) >= 11 is 0. The predicted octanol–water partition coefficient (Wildman–Crippen LogP) is 1.30. The van der Waals surface area contributed by atoms with Crippen molar-refractivity contribution >= 4 is 11.6 Å². The molecular formula is C13H12N2O5. The molecule has 2 heterocycles. The van der Waals surface area contributed by atoms with Gasteiger partial charge in [0.15, 0.2) is 5.76 Å². The van der Waals surface area contributed by atoms with Crippen molar-refractivity contribution in [2.24, 2.45) is 0 Å². The number of pyridine rings is 1. The fourth-order valence-corrected chi connectivity index (χ4v) is 1.50. The van der Waals surface area contributed by atoms with Gasteiger partial charge in [-0.05, 0) is 12.1 Å². The summed E-state index contributed by atoms with van der Waals surface area (Å²) in [7, 11) is 2.78. The Morgan fingerprint density at radius 2 is 2.15 bits per heavy atom. The zero-order chi connectivity index (χ0) is 14.5. The number of hydrogen-bond acceptors (Lipinski definition) is 6. The number of amides is 1. The number of anilines is 1. The average molecular weight is 276 g/mol. The SMILES string of the molecule is COc1ncccc1NC(=O)c1cc(=O)c(OC)co1. The first-order valence-electron chi connectivity index (χ1n) is 5.63. The van der Waals surface area contributed by atoms with Crippen molar-refractivity contribution in [2.45, 2.75) is 0 Å². The second-order valence-corrected chi connectivity index (χ2v) is 3.69. The smallest absolute Gasteiger partial charge is 0.291 e. The van der Waals surface area contributed by atoms with E-state index in [4.69, 9.17) is 13.9 Å². The molecule has 2 rings (SSSR count). The predicted molar refractivity (Wildman–Crippen MR) is 70.3 cm³/mol. The number of methoxy groups -OCH3 is 2. The summed E-state index contributed by atoms with van der Waals surface area (Å²) in [5.41, 5.74) is -0.0690. The van der Waals surface area contributed by atoms with Crippen molar-refractivity contribution < 1.29 is 18.7 Å². The van der Waals surface area contributed by atoms with Gasteiger partial charge >= 0.3 is 0 Å². The van der Waals surface area contributed by atoms with E-state index in [1.54, 1.807) is 12.1 Å². The van der Waals surface area contributed by atoms with E-state index in [9.17, 15) is 9.59 Å². The lowest BCUT2D eigenvalue weighted by Crippen LogP contribution is -2.16. The van der Waals surface area contributed by atoms with E-state index >= 15 is 0 Å². The van der Waals surface area contributed by atoms with Gasteiger partial charge in [0.25, 0.3) is 5.91 Å². The molecule has 0 aliphatic rings. The molecule has 0 fully saturated rings. The lowest BCUT2D eigenvalue weighted by molar-refractivity contribution is 0.0993. The highest BCUT2D eigenvalue weighted by molar-refractivity contribution is 6.02. The number of aromatic nitrogens is 1. The summed E-state index contributed by atoms with van der Waals surface area (Å²) in [6, 6.07) is 4.31. The van der Waals surface area contributed by atoms with Crippen molar-refractivity contribution in [1.82, 2.24) is 4.98 Å². The minimum atomic E-state index is -0.587. The monoisotopic (exact) mass is 276 g/mol. The van der Waals surface area contributed by atoms with E-state index in [1.165, 1.54) is 20.4 Å². The molecule has 7 nitrogen and oxygen atoms in total. The van der Waals surface area contributed by atoms with Crippen LogP contribution in [-0.2, 0) is 0 Å². The first-order valence-corrected chi connectivity index (χ1v) is 5.63. The van der Waals surface area contributed by atoms with Crippen LogP contribution in [0.1, 0.15) is 10.6 Å². The van der Waals surface area contributed by atoms with Crippen LogP contribution in [0.3, 0.4) is 0 Å². The van der Waals surface area contributed by atoms with Crippen LogP contribution >= 0.6 is 0 Å². The largest absolute Gasteiger partial charge is 0.490 e. The summed E-state index contributed by atoms with van der Waals surface area (Å²) in [6.07, 6.45) is 2.61. The molecule has 0 spiro atoms. The fourth-order valence-electron chi connectivity index (χ4n) is 1.50. The maximum absolute atomic E-state index is 12.0. The van der Waals surface area contributed by atoms with Gasteiger partial charge < -0.3 is 19.2 Å². The van der Waals surface area contributed by atoms with Gasteiger partial charge in [-0.15, -0.1) is 0 Å². The second-order valence-electron chi connectivity index (χ2n) is 3.69. The standard InChI is InChI=1S/C13H12N2O5/c1-18-11-7-20-10(6-9(11)16)12(17)15-8-4-3-5-14-13(8)19-2/h3-7H,1-2H3,(H,15,17). The lowest BCUT2D eigenvalue weighted by Gasteiger charge is -2.08. The summed E-state index contributed by atoms with van der Waals surface area (Å²) in [4.78, 5) is 27.5. The molecule has 7 heteroatoms. The van der Waals surface area contributed by atoms with Crippen molar-refractivity contribution in [2.75, 3.05) is 19.5 Å². The van der Waals surface area contributed by atoms with Gasteiger partial charge in [-0.25, -0.2) is 4.98 Å². The second kappa shape index (κ2) is 5.87. The molecule has 2 aromatic rings. The van der Waals surface area contributed by atoms with Gasteiger partial charge in [0.2, 0.25) is 17.1 Å². The zero-order valence-electron chi connectivity index (χ0n) is 10.9. The first kappa shape index (κ1) is 13.6. The van der Waals surface area contributed by atoms with Crippen LogP contribution in [-0.4, -0.2) is 25.1 Å². The van der Waals surface area contributed by atoms with E-state index in [0.29, 0.717) is 5.69 Å². The Bertz CT molecular complexity index is 680. The molecule has 20 heavy (non-hydrogen) atoms. The van der Waals surface area contributed by atoms with Gasteiger partial charge in [-0.1, -0.05) is 0 Å². The highest BCUT2D eigenvalue weighted by Gasteiger charge is 2.14. The van der Waals surface area contributed by atoms with Crippen molar-refractivity contribution in [3.05, 3.63) is 46.6 Å². The van der Waals surface area contributed by atoms with Crippen molar-refractivity contribution in [3.8, 4) is 11.6 Å². The van der Waals surface area contributed by atoms with Crippen molar-refractivity contribution in [3.63, 3.8) is 0 Å². The molecule has 1 amide bonds. The van der Waals surface area contributed by atoms with Crippen molar-refractivity contribution in [1.29, 1.82) is 0 Å². The first-order chi connectivity index (χ1) is 9.65. The molecule has 0 atom stereocenters. The Balaban J connectivity index is 2.24. The zero-order valence-corrected chi connectivity index (χ0v) is 10.9. The number of nitrogens with one attached hydrogen (secondary N) is 1. The van der Waals surface area contributed by atoms with E-state index in [-0.39, 0.29) is 17.4 Å². The molecule has 0 saturated heterocycles. The maximum atomic E-state index is 12.0. The van der Waals surface area contributed by atoms with E-state index in [0.717, 1.165) is 12.3 Å². The van der Waals surface area contributed by atoms with Crippen LogP contribution in [0, 0.1) is 0 Å². The van der Waals surface area contributed by atoms with Crippen LogP contribution in [0.15, 0.2) is 39.9 Å². The number of nitrogens with zero attached hydrogens (tertiary/aromatic N) is 1. The van der Waals surface area contributed by atoms with Crippen LogP contribution < -0.4 is 20.2 Å². The quantitative estimate of drug-likeness (QED) is 0.905. The van der Waals surface area contributed by atoms with E-state index in [2.05, 4.69) is 10.3 Å². The normalized spacial score (nSPS) is 9.90. The van der Waals surface area contributed by atoms with Crippen LogP contribution in [0.2, 0.25) is 0 Å². The van der Waals surface area contributed by atoms with E-state index in [1.807, 2.05) is 0 Å². The number of ether oxygens (including phenoxy) is 2. The molecule has 104 valence electrons. The summed E-state index contributed by atoms with van der Waals surface area (Å²) in [6.45, 7) is 0. The van der Waals surface area contributed by atoms with Gasteiger partial charge in [0.1, 0.15) is 12.0 Å². The highest BCUT2D eigenvalue weighted by Crippen LogP contribution is 2.20. The molecular weight excluding hydrogens is 264 g/mol. The van der Waals surface area contributed by atoms with Gasteiger partial charge in [-0.3, -0.25) is 9.59 Å². The Hall–Kier alpha value is -2.83. The molecule has 1 N–H and O–H groups in total. The molecule has 0 aliphatic carbocycles. The fraction of sp³-hybridized carbons (Fsp3) is 0.154. The van der Waals surface area contributed by atoms with Gasteiger partial charge in [0.05, 0.1) is 14.2 Å². The Morgan fingerprint density at radius 3 is 2.80 bits per heavy atom. The molecule has 0 saturated carbocycles. The third kappa shape index (κ3) is 2.77. The Morgan fingerprint density at radius 1 is 1.35 bits per heavy atom. The molecule has 0 radical (unpaired) electrons. The third-order valence-corrected chi connectivity index (χ3v) is 2.45. The minimum absolute atomic E-state index is 0.0282. The summed E-state index contributed by atoms with van der Waals surface area (Å²) < 4.78 is 14.8. The number of carbonyl (C=O) groups is 1. The third-order valence-electron chi connectivity index (χ3n) is 2.45. The minimum Gasteiger partial charge on any atom is -0.490 e. The number of rotatable bonds is 4. The highest BCUT2D eigenvalue weighted by atomic mass is 16.5. The number of hydrogen-bond donors (Lipinski definition) is 1. The van der Waals surface area contributed by atoms with Gasteiger partial charge in [0, 0.05) is 12.3 Å². The summed E-state index contributed by atoms with van der Waals surface area (Å²) in [5, 5.41) is 2.54. The van der Waals surface area contributed by atoms with E-state index < -0.39 is 11.3 Å². The Labute approximate surface area is 114 Å². The van der Waals surface area contributed by atoms with Crippen LogP contribution in [0.5, 0.6) is 11.6 Å². The molecule has 0 unspecified atom stereocenters.